The maximum absolute atomic E-state index is 4.26. The van der Waals surface area contributed by atoms with Gasteiger partial charge in [-0.25, -0.2) is 9.97 Å². The molecular weight excluding hydrogens is 174 g/mol. The molecule has 0 bridgehead atoms. The summed E-state index contributed by atoms with van der Waals surface area (Å²) in [6.07, 6.45) is 3.52. The standard InChI is InChI=1S/C9H9N3.C2H6/c1-6-3-4-10-9-8(6)11-5-7(2)12-9;1-2/h3-5H,1-2H3;1-2H3. The van der Waals surface area contributed by atoms with Crippen molar-refractivity contribution in [2.45, 2.75) is 27.7 Å². The van der Waals surface area contributed by atoms with Crippen molar-refractivity contribution >= 4 is 11.2 Å². The molecule has 0 radical (unpaired) electrons. The summed E-state index contributed by atoms with van der Waals surface area (Å²) in [6, 6.07) is 1.94. The highest BCUT2D eigenvalue weighted by molar-refractivity contribution is 5.72. The molecule has 14 heavy (non-hydrogen) atoms. The van der Waals surface area contributed by atoms with E-state index >= 15 is 0 Å². The zero-order chi connectivity index (χ0) is 10.6. The van der Waals surface area contributed by atoms with E-state index in [2.05, 4.69) is 15.0 Å². The van der Waals surface area contributed by atoms with Gasteiger partial charge >= 0.3 is 0 Å². The fourth-order valence-electron chi connectivity index (χ4n) is 1.13. The van der Waals surface area contributed by atoms with Crippen LogP contribution >= 0.6 is 0 Å². The summed E-state index contributed by atoms with van der Waals surface area (Å²) in [4.78, 5) is 12.6. The van der Waals surface area contributed by atoms with Gasteiger partial charge in [0.1, 0.15) is 5.52 Å². The first-order valence-corrected chi connectivity index (χ1v) is 4.82. The first-order valence-electron chi connectivity index (χ1n) is 4.82. The van der Waals surface area contributed by atoms with Crippen molar-refractivity contribution in [2.24, 2.45) is 0 Å². The van der Waals surface area contributed by atoms with Crippen LogP contribution in [0.3, 0.4) is 0 Å². The van der Waals surface area contributed by atoms with Crippen LogP contribution in [-0.2, 0) is 0 Å². The molecule has 0 saturated carbocycles. The summed E-state index contributed by atoms with van der Waals surface area (Å²) in [5.41, 5.74) is 3.64. The van der Waals surface area contributed by atoms with Gasteiger partial charge in [0, 0.05) is 12.4 Å². The minimum absolute atomic E-state index is 0.731. The maximum Gasteiger partial charge on any atom is 0.178 e. The predicted octanol–water partition coefficient (Wildman–Crippen LogP) is 2.67. The summed E-state index contributed by atoms with van der Waals surface area (Å²) in [7, 11) is 0. The van der Waals surface area contributed by atoms with Crippen molar-refractivity contribution in [1.29, 1.82) is 0 Å². The van der Waals surface area contributed by atoms with E-state index in [1.54, 1.807) is 12.4 Å². The van der Waals surface area contributed by atoms with E-state index in [-0.39, 0.29) is 0 Å². The van der Waals surface area contributed by atoms with Crippen LogP contribution in [0.2, 0.25) is 0 Å². The highest BCUT2D eigenvalue weighted by Crippen LogP contribution is 2.10. The van der Waals surface area contributed by atoms with E-state index in [0.717, 1.165) is 22.4 Å². The number of nitrogens with zero attached hydrogens (tertiary/aromatic N) is 3. The molecule has 0 atom stereocenters. The lowest BCUT2D eigenvalue weighted by Crippen LogP contribution is -1.91. The first-order chi connectivity index (χ1) is 6.77. The van der Waals surface area contributed by atoms with Gasteiger partial charge in [0.2, 0.25) is 0 Å². The Morgan fingerprint density at radius 1 is 1.07 bits per heavy atom. The van der Waals surface area contributed by atoms with Gasteiger partial charge in [-0.05, 0) is 25.5 Å². The fourth-order valence-corrected chi connectivity index (χ4v) is 1.13. The molecule has 0 aliphatic carbocycles. The van der Waals surface area contributed by atoms with E-state index in [4.69, 9.17) is 0 Å². The number of hydrogen-bond acceptors (Lipinski definition) is 3. The molecule has 0 saturated heterocycles. The molecule has 0 fully saturated rings. The quantitative estimate of drug-likeness (QED) is 0.639. The molecule has 0 aromatic carbocycles. The summed E-state index contributed by atoms with van der Waals surface area (Å²) in [5, 5.41) is 0. The molecular formula is C11H15N3. The van der Waals surface area contributed by atoms with Gasteiger partial charge < -0.3 is 0 Å². The zero-order valence-electron chi connectivity index (χ0n) is 9.07. The molecule has 0 amide bonds. The molecule has 0 N–H and O–H groups in total. The normalized spacial score (nSPS) is 9.43. The van der Waals surface area contributed by atoms with Crippen molar-refractivity contribution < 1.29 is 0 Å². The summed E-state index contributed by atoms with van der Waals surface area (Å²) >= 11 is 0. The molecule has 3 heteroatoms. The largest absolute Gasteiger partial charge is 0.251 e. The Balaban J connectivity index is 0.000000461. The highest BCUT2D eigenvalue weighted by Gasteiger charge is 1.99. The summed E-state index contributed by atoms with van der Waals surface area (Å²) in [6.45, 7) is 7.92. The number of pyridine rings is 1. The second kappa shape index (κ2) is 4.65. The fraction of sp³-hybridized carbons (Fsp3) is 0.364. The number of aromatic nitrogens is 3. The van der Waals surface area contributed by atoms with Crippen molar-refractivity contribution in [2.75, 3.05) is 0 Å². The van der Waals surface area contributed by atoms with Crippen molar-refractivity contribution in [3.05, 3.63) is 29.7 Å². The van der Waals surface area contributed by atoms with Crippen LogP contribution in [0, 0.1) is 13.8 Å². The van der Waals surface area contributed by atoms with Crippen LogP contribution in [0.25, 0.3) is 11.2 Å². The van der Waals surface area contributed by atoms with Crippen LogP contribution in [0.1, 0.15) is 25.1 Å². The molecule has 0 unspecified atom stereocenters. The van der Waals surface area contributed by atoms with E-state index < -0.39 is 0 Å². The number of fused-ring (bicyclic) bond motifs is 1. The Morgan fingerprint density at radius 3 is 2.50 bits per heavy atom. The molecule has 2 rings (SSSR count). The van der Waals surface area contributed by atoms with Crippen molar-refractivity contribution in [3.8, 4) is 0 Å². The van der Waals surface area contributed by atoms with Gasteiger partial charge in [-0.1, -0.05) is 13.8 Å². The molecule has 0 aliphatic rings. The minimum Gasteiger partial charge on any atom is -0.251 e. The Morgan fingerprint density at radius 2 is 1.79 bits per heavy atom. The topological polar surface area (TPSA) is 38.7 Å². The first kappa shape index (κ1) is 10.6. The van der Waals surface area contributed by atoms with Crippen LogP contribution in [0.5, 0.6) is 0 Å². The average molecular weight is 189 g/mol. The monoisotopic (exact) mass is 189 g/mol. The highest BCUT2D eigenvalue weighted by atomic mass is 14.9. The van der Waals surface area contributed by atoms with Gasteiger partial charge in [-0.2, -0.15) is 0 Å². The third kappa shape index (κ3) is 2.05. The third-order valence-electron chi connectivity index (χ3n) is 1.77. The Labute approximate surface area is 84.2 Å². The lowest BCUT2D eigenvalue weighted by atomic mass is 10.2. The smallest absolute Gasteiger partial charge is 0.178 e. The van der Waals surface area contributed by atoms with E-state index in [9.17, 15) is 0 Å². The number of aryl methyl sites for hydroxylation is 2. The minimum atomic E-state index is 0.731. The van der Waals surface area contributed by atoms with E-state index in [1.165, 1.54) is 0 Å². The Hall–Kier alpha value is -1.51. The van der Waals surface area contributed by atoms with Crippen molar-refractivity contribution in [1.82, 2.24) is 15.0 Å². The van der Waals surface area contributed by atoms with Crippen LogP contribution < -0.4 is 0 Å². The van der Waals surface area contributed by atoms with Gasteiger partial charge in [-0.3, -0.25) is 4.98 Å². The molecule has 2 aromatic rings. The molecule has 2 aromatic heterocycles. The Kier molecular flexibility index (Phi) is 3.51. The summed E-state index contributed by atoms with van der Waals surface area (Å²) in [5.74, 6) is 0. The van der Waals surface area contributed by atoms with E-state index in [0.29, 0.717) is 0 Å². The van der Waals surface area contributed by atoms with Crippen LogP contribution in [-0.4, -0.2) is 15.0 Å². The van der Waals surface area contributed by atoms with Gasteiger partial charge in [0.05, 0.1) is 5.69 Å². The van der Waals surface area contributed by atoms with Gasteiger partial charge in [-0.15, -0.1) is 0 Å². The van der Waals surface area contributed by atoms with Gasteiger partial charge in [0.25, 0.3) is 0 Å². The lowest BCUT2D eigenvalue weighted by molar-refractivity contribution is 1.14. The number of hydrogen-bond donors (Lipinski definition) is 0. The number of rotatable bonds is 0. The summed E-state index contributed by atoms with van der Waals surface area (Å²) < 4.78 is 0. The molecule has 3 nitrogen and oxygen atoms in total. The van der Waals surface area contributed by atoms with Crippen LogP contribution in [0.4, 0.5) is 0 Å². The molecule has 0 aliphatic heterocycles. The third-order valence-corrected chi connectivity index (χ3v) is 1.77. The van der Waals surface area contributed by atoms with Gasteiger partial charge in [0.15, 0.2) is 5.65 Å². The second-order valence-electron chi connectivity index (χ2n) is 2.81. The SMILES string of the molecule is CC.Cc1cnc2c(C)ccnc2n1. The predicted molar refractivity (Wildman–Crippen MR) is 58.2 cm³/mol. The molecule has 2 heterocycles. The average Bonchev–Trinajstić information content (AvgIpc) is 2.21. The lowest BCUT2D eigenvalue weighted by Gasteiger charge is -1.98. The van der Waals surface area contributed by atoms with E-state index in [1.807, 2.05) is 33.8 Å². The molecule has 0 spiro atoms. The maximum atomic E-state index is 4.26. The zero-order valence-corrected chi connectivity index (χ0v) is 9.07. The molecule has 74 valence electrons. The second-order valence-corrected chi connectivity index (χ2v) is 2.81. The Bertz CT molecular complexity index is 424. The van der Waals surface area contributed by atoms with Crippen LogP contribution in [0.15, 0.2) is 18.5 Å². The van der Waals surface area contributed by atoms with Crippen molar-refractivity contribution in [3.63, 3.8) is 0 Å².